The fourth-order valence-corrected chi connectivity index (χ4v) is 3.32. The minimum atomic E-state index is -0.532. The molecule has 0 radical (unpaired) electrons. The Balaban J connectivity index is 1.49. The van der Waals surface area contributed by atoms with Gasteiger partial charge < -0.3 is 25.2 Å². The summed E-state index contributed by atoms with van der Waals surface area (Å²) in [5, 5.41) is 15.3. The fourth-order valence-electron chi connectivity index (χ4n) is 3.10. The number of carbonyl (C=O) groups excluding carboxylic acids is 1. The number of urea groups is 1. The Kier molecular flexibility index (Phi) is 7.22. The first-order valence-corrected chi connectivity index (χ1v) is 10.9. The molecular formula is C24H21ClN6O4. The number of benzene rings is 2. The Morgan fingerprint density at radius 1 is 1.06 bits per heavy atom. The Morgan fingerprint density at radius 2 is 1.89 bits per heavy atom. The smallest absolute Gasteiger partial charge is 0.323 e. The number of hydrogen-bond donors (Lipinski definition) is 3. The molecule has 3 N–H and O–H groups in total. The molecule has 2 aromatic carbocycles. The van der Waals surface area contributed by atoms with Gasteiger partial charge in [-0.1, -0.05) is 18.5 Å². The third kappa shape index (κ3) is 5.92. The van der Waals surface area contributed by atoms with Gasteiger partial charge in [0.2, 0.25) is 5.88 Å². The summed E-state index contributed by atoms with van der Waals surface area (Å²) in [6.45, 7) is 1.95. The van der Waals surface area contributed by atoms with Gasteiger partial charge in [0.25, 0.3) is 0 Å². The van der Waals surface area contributed by atoms with Crippen molar-refractivity contribution in [2.45, 2.75) is 13.3 Å². The molecule has 178 valence electrons. The summed E-state index contributed by atoms with van der Waals surface area (Å²) in [6, 6.07) is 12.2. The maximum atomic E-state index is 12.4. The molecule has 4 aromatic rings. The molecule has 0 aliphatic heterocycles. The summed E-state index contributed by atoms with van der Waals surface area (Å²) in [5.41, 5.74) is 1.37. The number of rotatable bonds is 7. The van der Waals surface area contributed by atoms with E-state index in [1.54, 1.807) is 42.6 Å². The summed E-state index contributed by atoms with van der Waals surface area (Å²) in [5.74, 6) is 2.07. The highest BCUT2D eigenvalue weighted by molar-refractivity contribution is 6.32. The molecule has 0 unspecified atom stereocenters. The third-order valence-corrected chi connectivity index (χ3v) is 5.03. The first kappa shape index (κ1) is 23.7. The van der Waals surface area contributed by atoms with Gasteiger partial charge in [-0.3, -0.25) is 0 Å². The number of nitrogens with one attached hydrogen (secondary N) is 2. The number of aromatic hydroxyl groups is 1. The average Bonchev–Trinajstić information content (AvgIpc) is 2.85. The topological polar surface area (TPSA) is 131 Å². The number of phenols is 1. The number of anilines is 2. The molecule has 0 aliphatic rings. The number of pyridine rings is 1. The molecule has 35 heavy (non-hydrogen) atoms. The zero-order chi connectivity index (χ0) is 24.8. The van der Waals surface area contributed by atoms with Crippen LogP contribution >= 0.6 is 11.6 Å². The van der Waals surface area contributed by atoms with Crippen molar-refractivity contribution in [2.75, 3.05) is 17.7 Å². The predicted molar refractivity (Wildman–Crippen MR) is 131 cm³/mol. The zero-order valence-corrected chi connectivity index (χ0v) is 19.6. The second-order valence-corrected chi connectivity index (χ2v) is 7.59. The standard InChI is InChI=1S/C24H21ClN6O4/c1-3-21-27-13-28-22(31-21)18-5-4-8-26-23(18)35-20-7-6-14(11-19(20)25)29-24(33)30-15-9-16(32)12-17(10-15)34-2/h4-13,32H,3H2,1-2H3,(H2,29,30,33). The van der Waals surface area contributed by atoms with Crippen LogP contribution in [0.3, 0.4) is 0 Å². The molecule has 10 nitrogen and oxygen atoms in total. The normalized spacial score (nSPS) is 10.5. The van der Waals surface area contributed by atoms with Crippen LogP contribution in [0.2, 0.25) is 5.02 Å². The van der Waals surface area contributed by atoms with E-state index in [-0.39, 0.29) is 16.7 Å². The summed E-state index contributed by atoms with van der Waals surface area (Å²) in [4.78, 5) is 29.5. The number of methoxy groups -OCH3 is 1. The van der Waals surface area contributed by atoms with Crippen LogP contribution in [0.5, 0.6) is 23.1 Å². The van der Waals surface area contributed by atoms with Crippen LogP contribution < -0.4 is 20.1 Å². The monoisotopic (exact) mass is 492 g/mol. The second kappa shape index (κ2) is 10.7. The second-order valence-electron chi connectivity index (χ2n) is 7.18. The molecule has 11 heteroatoms. The van der Waals surface area contributed by atoms with E-state index in [4.69, 9.17) is 21.1 Å². The number of carbonyl (C=O) groups is 1. The Morgan fingerprint density at radius 3 is 2.66 bits per heavy atom. The van der Waals surface area contributed by atoms with Gasteiger partial charge in [0.05, 0.1) is 17.7 Å². The minimum absolute atomic E-state index is 0.0406. The van der Waals surface area contributed by atoms with Gasteiger partial charge in [0.1, 0.15) is 29.4 Å². The van der Waals surface area contributed by atoms with Crippen LogP contribution in [0.1, 0.15) is 12.7 Å². The van der Waals surface area contributed by atoms with Crippen molar-refractivity contribution in [3.8, 4) is 34.5 Å². The lowest BCUT2D eigenvalue weighted by Gasteiger charge is -2.13. The predicted octanol–water partition coefficient (Wildman–Crippen LogP) is 5.30. The quantitative estimate of drug-likeness (QED) is 0.316. The van der Waals surface area contributed by atoms with Gasteiger partial charge >= 0.3 is 6.03 Å². The fraction of sp³-hybridized carbons (Fsp3) is 0.125. The Hall–Kier alpha value is -4.44. The highest BCUT2D eigenvalue weighted by atomic mass is 35.5. The van der Waals surface area contributed by atoms with E-state index in [9.17, 15) is 9.90 Å². The van der Waals surface area contributed by atoms with E-state index in [0.717, 1.165) is 0 Å². The average molecular weight is 493 g/mol. The minimum Gasteiger partial charge on any atom is -0.508 e. The maximum Gasteiger partial charge on any atom is 0.323 e. The molecule has 0 bridgehead atoms. The van der Waals surface area contributed by atoms with Crippen molar-refractivity contribution in [1.29, 1.82) is 0 Å². The van der Waals surface area contributed by atoms with Gasteiger partial charge in [0.15, 0.2) is 5.82 Å². The maximum absolute atomic E-state index is 12.4. The number of halogens is 1. The Labute approximate surface area is 206 Å². The molecule has 4 rings (SSSR count). The molecule has 0 saturated heterocycles. The van der Waals surface area contributed by atoms with Crippen LogP contribution in [0.15, 0.2) is 61.1 Å². The van der Waals surface area contributed by atoms with Crippen molar-refractivity contribution in [1.82, 2.24) is 19.9 Å². The van der Waals surface area contributed by atoms with Crippen molar-refractivity contribution < 1.29 is 19.4 Å². The highest BCUT2D eigenvalue weighted by Gasteiger charge is 2.14. The lowest BCUT2D eigenvalue weighted by Crippen LogP contribution is -2.19. The van der Waals surface area contributed by atoms with E-state index in [1.165, 1.54) is 25.6 Å². The molecular weight excluding hydrogens is 472 g/mol. The van der Waals surface area contributed by atoms with Crippen LogP contribution in [0.4, 0.5) is 16.2 Å². The first-order valence-electron chi connectivity index (χ1n) is 10.5. The van der Waals surface area contributed by atoms with Crippen LogP contribution in [-0.4, -0.2) is 38.2 Å². The first-order chi connectivity index (χ1) is 16.9. The van der Waals surface area contributed by atoms with E-state index < -0.39 is 6.03 Å². The van der Waals surface area contributed by atoms with Crippen LogP contribution in [0, 0.1) is 0 Å². The number of nitrogens with zero attached hydrogens (tertiary/aromatic N) is 4. The van der Waals surface area contributed by atoms with Gasteiger partial charge in [-0.15, -0.1) is 0 Å². The molecule has 2 heterocycles. The third-order valence-electron chi connectivity index (χ3n) is 4.73. The summed E-state index contributed by atoms with van der Waals surface area (Å²) in [6.07, 6.45) is 3.70. The summed E-state index contributed by atoms with van der Waals surface area (Å²) in [7, 11) is 1.46. The molecule has 2 aromatic heterocycles. The van der Waals surface area contributed by atoms with E-state index in [1.807, 2.05) is 6.92 Å². The van der Waals surface area contributed by atoms with Crippen LogP contribution in [-0.2, 0) is 6.42 Å². The van der Waals surface area contributed by atoms with Crippen molar-refractivity contribution in [3.63, 3.8) is 0 Å². The van der Waals surface area contributed by atoms with Gasteiger partial charge in [-0.25, -0.2) is 24.7 Å². The molecule has 0 aliphatic carbocycles. The van der Waals surface area contributed by atoms with Gasteiger partial charge in [0, 0.05) is 42.2 Å². The summed E-state index contributed by atoms with van der Waals surface area (Å²) < 4.78 is 11.0. The van der Waals surface area contributed by atoms with Crippen molar-refractivity contribution >= 4 is 29.0 Å². The van der Waals surface area contributed by atoms with E-state index in [0.29, 0.717) is 46.5 Å². The van der Waals surface area contributed by atoms with Gasteiger partial charge in [-0.05, 0) is 30.3 Å². The zero-order valence-electron chi connectivity index (χ0n) is 18.8. The Bertz CT molecular complexity index is 1370. The molecule has 0 saturated carbocycles. The number of hydrogen-bond acceptors (Lipinski definition) is 8. The lowest BCUT2D eigenvalue weighted by atomic mass is 10.2. The summed E-state index contributed by atoms with van der Waals surface area (Å²) >= 11 is 6.41. The highest BCUT2D eigenvalue weighted by Crippen LogP contribution is 2.34. The molecule has 0 atom stereocenters. The van der Waals surface area contributed by atoms with E-state index in [2.05, 4.69) is 30.6 Å². The molecule has 2 amide bonds. The lowest BCUT2D eigenvalue weighted by molar-refractivity contribution is 0.262. The van der Waals surface area contributed by atoms with Crippen molar-refractivity contribution in [3.05, 3.63) is 71.9 Å². The molecule has 0 fully saturated rings. The van der Waals surface area contributed by atoms with Crippen LogP contribution in [0.25, 0.3) is 11.4 Å². The van der Waals surface area contributed by atoms with Crippen molar-refractivity contribution in [2.24, 2.45) is 0 Å². The number of aromatic nitrogens is 4. The largest absolute Gasteiger partial charge is 0.508 e. The SMILES string of the molecule is CCc1ncnc(-c2cccnc2Oc2ccc(NC(=O)Nc3cc(O)cc(OC)c3)cc2Cl)n1. The number of aryl methyl sites for hydroxylation is 1. The molecule has 0 spiro atoms. The number of phenolic OH excluding ortho intramolecular Hbond substituents is 1. The number of amides is 2. The van der Waals surface area contributed by atoms with E-state index >= 15 is 0 Å². The number of ether oxygens (including phenoxy) is 2. The van der Waals surface area contributed by atoms with Gasteiger partial charge in [-0.2, -0.15) is 0 Å².